The van der Waals surface area contributed by atoms with Crippen LogP contribution in [0.2, 0.25) is 0 Å². The van der Waals surface area contributed by atoms with Crippen molar-refractivity contribution in [3.63, 3.8) is 0 Å². The molecule has 3 aromatic rings. The van der Waals surface area contributed by atoms with Crippen molar-refractivity contribution in [1.29, 1.82) is 0 Å². The van der Waals surface area contributed by atoms with Crippen molar-refractivity contribution in [2.75, 3.05) is 24.2 Å². The third kappa shape index (κ3) is 6.03. The number of carbonyl (C=O) groups excluding carboxylic acids is 3. The molecule has 1 fully saturated rings. The number of aryl methyl sites for hydroxylation is 1. The van der Waals surface area contributed by atoms with E-state index < -0.39 is 0 Å². The number of hydrogen-bond donors (Lipinski definition) is 1. The number of fused-ring (bicyclic) bond motifs is 1. The van der Waals surface area contributed by atoms with Gasteiger partial charge in [0.05, 0.1) is 29.5 Å². The molecule has 1 saturated heterocycles. The molecule has 3 aromatic carbocycles. The number of nitrogens with one attached hydrogen (secondary N) is 1. The fourth-order valence-electron chi connectivity index (χ4n) is 4.38. The SMILES string of the molecule is Cc1ccc(CSCC(=O)Nc2ccc(Oc3ccc4c(c3)C(=O)N(CC3CCCO3)C4=O)cc2)cc1. The fourth-order valence-corrected chi connectivity index (χ4v) is 5.16. The van der Waals surface area contributed by atoms with Gasteiger partial charge in [0.15, 0.2) is 0 Å². The molecule has 190 valence electrons. The molecule has 2 aliphatic rings. The van der Waals surface area contributed by atoms with E-state index in [0.717, 1.165) is 18.6 Å². The lowest BCUT2D eigenvalue weighted by Crippen LogP contribution is -2.36. The number of rotatable bonds is 9. The van der Waals surface area contributed by atoms with E-state index in [0.29, 0.717) is 40.7 Å². The van der Waals surface area contributed by atoms with Gasteiger partial charge >= 0.3 is 0 Å². The van der Waals surface area contributed by atoms with Crippen molar-refractivity contribution in [1.82, 2.24) is 4.90 Å². The fraction of sp³-hybridized carbons (Fsp3) is 0.276. The van der Waals surface area contributed by atoms with Crippen molar-refractivity contribution in [3.8, 4) is 11.5 Å². The number of hydrogen-bond acceptors (Lipinski definition) is 6. The van der Waals surface area contributed by atoms with E-state index in [1.54, 1.807) is 54.2 Å². The Hall–Kier alpha value is -3.62. The van der Waals surface area contributed by atoms with Gasteiger partial charge in [-0.05, 0) is 67.8 Å². The summed E-state index contributed by atoms with van der Waals surface area (Å²) >= 11 is 1.56. The van der Waals surface area contributed by atoms with Crippen LogP contribution < -0.4 is 10.1 Å². The first-order valence-electron chi connectivity index (χ1n) is 12.3. The predicted molar refractivity (Wildman–Crippen MR) is 143 cm³/mol. The molecule has 37 heavy (non-hydrogen) atoms. The minimum atomic E-state index is -0.320. The van der Waals surface area contributed by atoms with Gasteiger partial charge in [-0.25, -0.2) is 0 Å². The summed E-state index contributed by atoms with van der Waals surface area (Å²) in [4.78, 5) is 39.1. The molecule has 0 spiro atoms. The Balaban J connectivity index is 1.14. The average Bonchev–Trinajstić information content (AvgIpc) is 3.49. The monoisotopic (exact) mass is 516 g/mol. The second-order valence-corrected chi connectivity index (χ2v) is 10.2. The third-order valence-electron chi connectivity index (χ3n) is 6.35. The zero-order valence-corrected chi connectivity index (χ0v) is 21.4. The molecule has 0 bridgehead atoms. The van der Waals surface area contributed by atoms with Gasteiger partial charge in [0.2, 0.25) is 5.91 Å². The minimum Gasteiger partial charge on any atom is -0.457 e. The summed E-state index contributed by atoms with van der Waals surface area (Å²) in [6.45, 7) is 3.00. The Morgan fingerprint density at radius 3 is 2.46 bits per heavy atom. The highest BCUT2D eigenvalue weighted by atomic mass is 32.2. The topological polar surface area (TPSA) is 84.9 Å². The molecule has 1 N–H and O–H groups in total. The smallest absolute Gasteiger partial charge is 0.261 e. The van der Waals surface area contributed by atoms with E-state index in [9.17, 15) is 14.4 Å². The first kappa shape index (κ1) is 25.0. The number of anilines is 1. The van der Waals surface area contributed by atoms with Crippen LogP contribution >= 0.6 is 11.8 Å². The molecule has 2 heterocycles. The normalized spacial score (nSPS) is 16.7. The number of amides is 3. The Morgan fingerprint density at radius 2 is 1.73 bits per heavy atom. The number of benzene rings is 3. The highest BCUT2D eigenvalue weighted by molar-refractivity contribution is 7.99. The molecule has 1 unspecified atom stereocenters. The molecule has 8 heteroatoms. The van der Waals surface area contributed by atoms with Crippen LogP contribution in [0, 0.1) is 6.92 Å². The highest BCUT2D eigenvalue weighted by Gasteiger charge is 2.37. The van der Waals surface area contributed by atoms with Crippen LogP contribution in [-0.4, -0.2) is 47.6 Å². The van der Waals surface area contributed by atoms with E-state index in [1.165, 1.54) is 16.0 Å². The Morgan fingerprint density at radius 1 is 1.00 bits per heavy atom. The van der Waals surface area contributed by atoms with Crippen LogP contribution in [0.25, 0.3) is 0 Å². The Labute approximate surface area is 220 Å². The van der Waals surface area contributed by atoms with Crippen molar-refractivity contribution in [2.24, 2.45) is 0 Å². The van der Waals surface area contributed by atoms with E-state index >= 15 is 0 Å². The maximum Gasteiger partial charge on any atom is 0.261 e. The van der Waals surface area contributed by atoms with Crippen molar-refractivity contribution < 1.29 is 23.9 Å². The number of thioether (sulfide) groups is 1. The van der Waals surface area contributed by atoms with E-state index in [4.69, 9.17) is 9.47 Å². The Kier molecular flexibility index (Phi) is 7.58. The van der Waals surface area contributed by atoms with Gasteiger partial charge in [-0.15, -0.1) is 11.8 Å². The second kappa shape index (κ2) is 11.2. The number of nitrogens with zero attached hydrogens (tertiary/aromatic N) is 1. The van der Waals surface area contributed by atoms with Crippen LogP contribution in [0.15, 0.2) is 66.7 Å². The predicted octanol–water partition coefficient (Wildman–Crippen LogP) is 5.43. The van der Waals surface area contributed by atoms with Crippen molar-refractivity contribution >= 4 is 35.2 Å². The van der Waals surface area contributed by atoms with E-state index in [-0.39, 0.29) is 30.4 Å². The summed E-state index contributed by atoms with van der Waals surface area (Å²) < 4.78 is 11.5. The van der Waals surface area contributed by atoms with Gasteiger partial charge in [0, 0.05) is 18.0 Å². The first-order valence-corrected chi connectivity index (χ1v) is 13.4. The Bertz CT molecular complexity index is 1300. The lowest BCUT2D eigenvalue weighted by Gasteiger charge is -2.17. The van der Waals surface area contributed by atoms with Crippen LogP contribution in [0.5, 0.6) is 11.5 Å². The molecule has 7 nitrogen and oxygen atoms in total. The summed E-state index contributed by atoms with van der Waals surface area (Å²) in [6, 6.07) is 20.2. The van der Waals surface area contributed by atoms with Crippen LogP contribution in [-0.2, 0) is 15.3 Å². The summed E-state index contributed by atoms with van der Waals surface area (Å²) in [5.41, 5.74) is 3.81. The third-order valence-corrected chi connectivity index (χ3v) is 7.35. The summed E-state index contributed by atoms with van der Waals surface area (Å²) in [5, 5.41) is 2.89. The van der Waals surface area contributed by atoms with Crippen LogP contribution in [0.1, 0.15) is 44.7 Å². The van der Waals surface area contributed by atoms with Gasteiger partial charge in [-0.2, -0.15) is 0 Å². The van der Waals surface area contributed by atoms with Gasteiger partial charge < -0.3 is 14.8 Å². The van der Waals surface area contributed by atoms with Gasteiger partial charge in [-0.3, -0.25) is 19.3 Å². The maximum absolute atomic E-state index is 12.9. The first-order chi connectivity index (χ1) is 18.0. The lowest BCUT2D eigenvalue weighted by molar-refractivity contribution is -0.113. The molecule has 2 aliphatic heterocycles. The van der Waals surface area contributed by atoms with Gasteiger partial charge in [0.1, 0.15) is 11.5 Å². The van der Waals surface area contributed by atoms with Crippen LogP contribution in [0.3, 0.4) is 0 Å². The van der Waals surface area contributed by atoms with Crippen LogP contribution in [0.4, 0.5) is 5.69 Å². The van der Waals surface area contributed by atoms with Crippen molar-refractivity contribution in [2.45, 2.75) is 31.6 Å². The minimum absolute atomic E-state index is 0.0693. The van der Waals surface area contributed by atoms with Crippen molar-refractivity contribution in [3.05, 3.63) is 89.0 Å². The molecule has 0 saturated carbocycles. The second-order valence-electron chi connectivity index (χ2n) is 9.22. The molecular weight excluding hydrogens is 488 g/mol. The maximum atomic E-state index is 12.9. The van der Waals surface area contributed by atoms with Gasteiger partial charge in [0.25, 0.3) is 11.8 Å². The summed E-state index contributed by atoms with van der Waals surface area (Å²) in [5.74, 6) is 1.47. The number of imide groups is 1. The van der Waals surface area contributed by atoms with E-state index in [2.05, 4.69) is 36.5 Å². The molecule has 3 amide bonds. The largest absolute Gasteiger partial charge is 0.457 e. The molecule has 1 atom stereocenters. The quantitative estimate of drug-likeness (QED) is 0.382. The molecular formula is C29H28N2O5S. The molecule has 0 radical (unpaired) electrons. The number of carbonyl (C=O) groups is 3. The zero-order chi connectivity index (χ0) is 25.8. The van der Waals surface area contributed by atoms with Gasteiger partial charge in [-0.1, -0.05) is 29.8 Å². The number of ether oxygens (including phenoxy) is 2. The zero-order valence-electron chi connectivity index (χ0n) is 20.6. The average molecular weight is 517 g/mol. The summed E-state index contributed by atoms with van der Waals surface area (Å²) in [7, 11) is 0. The molecule has 5 rings (SSSR count). The standard InChI is InChI=1S/C29H28N2O5S/c1-19-4-6-20(7-5-19)17-37-18-27(32)30-21-8-10-22(11-9-21)36-23-12-13-25-26(15-23)29(34)31(28(25)33)16-24-3-2-14-35-24/h4-13,15,24H,2-3,14,16-18H2,1H3,(H,30,32). The highest BCUT2D eigenvalue weighted by Crippen LogP contribution is 2.31. The molecule has 0 aliphatic carbocycles. The summed E-state index contributed by atoms with van der Waals surface area (Å²) in [6.07, 6.45) is 1.70. The lowest BCUT2D eigenvalue weighted by atomic mass is 10.1. The molecule has 0 aromatic heterocycles. The van der Waals surface area contributed by atoms with E-state index in [1.807, 2.05) is 0 Å².